The average molecular weight is 228 g/mol. The number of rotatable bonds is 7. The molecule has 1 unspecified atom stereocenters. The fraction of sp³-hybridized carbons (Fsp3) is 0.667. The van der Waals surface area contributed by atoms with E-state index in [1.807, 2.05) is 6.92 Å². The van der Waals surface area contributed by atoms with Gasteiger partial charge in [-0.1, -0.05) is 32.4 Å². The highest BCUT2D eigenvalue weighted by atomic mass is 16.6. The van der Waals surface area contributed by atoms with Crippen molar-refractivity contribution >= 4 is 11.9 Å². The maximum atomic E-state index is 11.8. The zero-order valence-corrected chi connectivity index (χ0v) is 10.2. The summed E-state index contributed by atoms with van der Waals surface area (Å²) in [7, 11) is 1.27. The van der Waals surface area contributed by atoms with Crippen LogP contribution < -0.4 is 0 Å². The first-order chi connectivity index (χ1) is 7.52. The van der Waals surface area contributed by atoms with Crippen LogP contribution in [-0.2, 0) is 19.1 Å². The van der Waals surface area contributed by atoms with Crippen LogP contribution in [0.1, 0.15) is 33.1 Å². The zero-order chi connectivity index (χ0) is 12.6. The van der Waals surface area contributed by atoms with Crippen LogP contribution in [0.3, 0.4) is 0 Å². The third kappa shape index (κ3) is 3.68. The van der Waals surface area contributed by atoms with Crippen LogP contribution in [0.15, 0.2) is 12.7 Å². The molecule has 16 heavy (non-hydrogen) atoms. The van der Waals surface area contributed by atoms with E-state index in [9.17, 15) is 9.59 Å². The minimum absolute atomic E-state index is 0.109. The van der Waals surface area contributed by atoms with E-state index in [-0.39, 0.29) is 6.61 Å². The second-order valence-electron chi connectivity index (χ2n) is 3.81. The van der Waals surface area contributed by atoms with Gasteiger partial charge in [-0.2, -0.15) is 0 Å². The molecule has 0 aliphatic heterocycles. The van der Waals surface area contributed by atoms with E-state index in [1.54, 1.807) is 6.92 Å². The number of carbonyl (C=O) groups excluding carboxylic acids is 2. The largest absolute Gasteiger partial charge is 0.468 e. The first-order valence-electron chi connectivity index (χ1n) is 5.39. The lowest BCUT2D eigenvalue weighted by Crippen LogP contribution is -2.39. The number of hydrogen-bond donors (Lipinski definition) is 0. The number of ether oxygens (including phenoxy) is 2. The van der Waals surface area contributed by atoms with Crippen molar-refractivity contribution in [1.29, 1.82) is 0 Å². The van der Waals surface area contributed by atoms with Gasteiger partial charge in [0.25, 0.3) is 0 Å². The molecule has 0 rings (SSSR count). The Morgan fingerprint density at radius 2 is 2.00 bits per heavy atom. The molecule has 0 heterocycles. The Labute approximate surface area is 96.6 Å². The van der Waals surface area contributed by atoms with E-state index < -0.39 is 17.4 Å². The fourth-order valence-corrected chi connectivity index (χ4v) is 1.34. The Balaban J connectivity index is 4.69. The maximum Gasteiger partial charge on any atom is 0.323 e. The molecule has 0 saturated carbocycles. The Kier molecular flexibility index (Phi) is 6.46. The summed E-state index contributed by atoms with van der Waals surface area (Å²) >= 11 is 0. The van der Waals surface area contributed by atoms with Gasteiger partial charge in [-0.05, 0) is 13.3 Å². The molecule has 92 valence electrons. The SMILES string of the molecule is C=CCOC(=O)C(C)(CCCC)C(=O)OC. The summed E-state index contributed by atoms with van der Waals surface area (Å²) in [6.45, 7) is 7.11. The predicted octanol–water partition coefficient (Wildman–Crippen LogP) is 2.09. The predicted molar refractivity (Wildman–Crippen MR) is 60.8 cm³/mol. The van der Waals surface area contributed by atoms with Gasteiger partial charge in [0.15, 0.2) is 5.41 Å². The van der Waals surface area contributed by atoms with Crippen molar-refractivity contribution in [1.82, 2.24) is 0 Å². The van der Waals surface area contributed by atoms with Gasteiger partial charge in [0, 0.05) is 0 Å². The number of carbonyl (C=O) groups is 2. The Morgan fingerprint density at radius 1 is 1.38 bits per heavy atom. The highest BCUT2D eigenvalue weighted by Crippen LogP contribution is 2.27. The molecule has 0 bridgehead atoms. The molecule has 0 aliphatic carbocycles. The Morgan fingerprint density at radius 3 is 2.44 bits per heavy atom. The van der Waals surface area contributed by atoms with Crippen LogP contribution in [0.2, 0.25) is 0 Å². The van der Waals surface area contributed by atoms with Crippen molar-refractivity contribution in [2.75, 3.05) is 13.7 Å². The lowest BCUT2D eigenvalue weighted by atomic mass is 9.85. The van der Waals surface area contributed by atoms with Gasteiger partial charge in [0.2, 0.25) is 0 Å². The minimum Gasteiger partial charge on any atom is -0.468 e. The summed E-state index contributed by atoms with van der Waals surface area (Å²) in [5, 5.41) is 0. The van der Waals surface area contributed by atoms with Gasteiger partial charge in [-0.3, -0.25) is 9.59 Å². The van der Waals surface area contributed by atoms with Crippen molar-refractivity contribution in [3.05, 3.63) is 12.7 Å². The molecule has 0 fully saturated rings. The Hall–Kier alpha value is -1.32. The number of methoxy groups -OCH3 is 1. The lowest BCUT2D eigenvalue weighted by molar-refractivity contribution is -0.169. The standard InChI is InChI=1S/C12H20O4/c1-5-7-8-12(3,10(13)15-4)11(14)16-9-6-2/h6H,2,5,7-9H2,1,3-4H3. The van der Waals surface area contributed by atoms with E-state index in [0.717, 1.165) is 12.8 Å². The Bertz CT molecular complexity index is 260. The third-order valence-electron chi connectivity index (χ3n) is 2.45. The first-order valence-corrected chi connectivity index (χ1v) is 5.39. The lowest BCUT2D eigenvalue weighted by Gasteiger charge is -2.23. The summed E-state index contributed by atoms with van der Waals surface area (Å²) < 4.78 is 9.57. The zero-order valence-electron chi connectivity index (χ0n) is 10.2. The van der Waals surface area contributed by atoms with E-state index in [0.29, 0.717) is 6.42 Å². The van der Waals surface area contributed by atoms with Gasteiger partial charge in [0.05, 0.1) is 7.11 Å². The first kappa shape index (κ1) is 14.7. The second kappa shape index (κ2) is 7.04. The highest BCUT2D eigenvalue weighted by Gasteiger charge is 2.43. The van der Waals surface area contributed by atoms with E-state index in [1.165, 1.54) is 13.2 Å². The van der Waals surface area contributed by atoms with E-state index >= 15 is 0 Å². The van der Waals surface area contributed by atoms with Crippen LogP contribution in [-0.4, -0.2) is 25.7 Å². The normalized spacial score (nSPS) is 13.7. The molecule has 0 aromatic carbocycles. The molecule has 0 radical (unpaired) electrons. The molecule has 0 amide bonds. The molecule has 4 nitrogen and oxygen atoms in total. The van der Waals surface area contributed by atoms with Crippen molar-refractivity contribution in [3.8, 4) is 0 Å². The summed E-state index contributed by atoms with van der Waals surface area (Å²) in [5.74, 6) is -1.09. The molecule has 0 aromatic heterocycles. The quantitative estimate of drug-likeness (QED) is 0.380. The smallest absolute Gasteiger partial charge is 0.323 e. The van der Waals surface area contributed by atoms with Crippen molar-refractivity contribution in [2.24, 2.45) is 5.41 Å². The van der Waals surface area contributed by atoms with Crippen LogP contribution in [0.4, 0.5) is 0 Å². The van der Waals surface area contributed by atoms with E-state index in [2.05, 4.69) is 11.3 Å². The molecule has 0 saturated heterocycles. The van der Waals surface area contributed by atoms with Crippen molar-refractivity contribution < 1.29 is 19.1 Å². The molecular weight excluding hydrogens is 208 g/mol. The summed E-state index contributed by atoms with van der Waals surface area (Å²) in [5.41, 5.74) is -1.20. The minimum atomic E-state index is -1.20. The van der Waals surface area contributed by atoms with Crippen LogP contribution in [0.5, 0.6) is 0 Å². The van der Waals surface area contributed by atoms with Crippen molar-refractivity contribution in [2.45, 2.75) is 33.1 Å². The molecular formula is C12H20O4. The molecule has 0 aromatic rings. The second-order valence-corrected chi connectivity index (χ2v) is 3.81. The number of unbranched alkanes of at least 4 members (excludes halogenated alkanes) is 1. The fourth-order valence-electron chi connectivity index (χ4n) is 1.34. The number of esters is 2. The summed E-state index contributed by atoms with van der Waals surface area (Å²) in [6.07, 6.45) is 3.58. The molecule has 4 heteroatoms. The molecule has 0 N–H and O–H groups in total. The maximum absolute atomic E-state index is 11.8. The van der Waals surface area contributed by atoms with Crippen LogP contribution >= 0.6 is 0 Å². The van der Waals surface area contributed by atoms with Gasteiger partial charge in [0.1, 0.15) is 6.61 Å². The molecule has 0 spiro atoms. The summed E-state index contributed by atoms with van der Waals surface area (Å²) in [6, 6.07) is 0. The highest BCUT2D eigenvalue weighted by molar-refractivity contribution is 5.99. The van der Waals surface area contributed by atoms with E-state index in [4.69, 9.17) is 4.74 Å². The van der Waals surface area contributed by atoms with Crippen LogP contribution in [0.25, 0.3) is 0 Å². The number of hydrogen-bond acceptors (Lipinski definition) is 4. The van der Waals surface area contributed by atoms with Gasteiger partial charge in [-0.25, -0.2) is 0 Å². The molecule has 1 atom stereocenters. The monoisotopic (exact) mass is 228 g/mol. The van der Waals surface area contributed by atoms with Crippen LogP contribution in [0, 0.1) is 5.41 Å². The average Bonchev–Trinajstić information content (AvgIpc) is 2.31. The van der Waals surface area contributed by atoms with Crippen molar-refractivity contribution in [3.63, 3.8) is 0 Å². The third-order valence-corrected chi connectivity index (χ3v) is 2.45. The topological polar surface area (TPSA) is 52.6 Å². The molecule has 0 aliphatic rings. The van der Waals surface area contributed by atoms with Gasteiger partial charge < -0.3 is 9.47 Å². The van der Waals surface area contributed by atoms with Gasteiger partial charge >= 0.3 is 11.9 Å². The van der Waals surface area contributed by atoms with Gasteiger partial charge in [-0.15, -0.1) is 0 Å². The summed E-state index contributed by atoms with van der Waals surface area (Å²) in [4.78, 5) is 23.4.